The third kappa shape index (κ3) is 2.83. The van der Waals surface area contributed by atoms with Crippen LogP contribution in [0.1, 0.15) is 40.0 Å². The summed E-state index contributed by atoms with van der Waals surface area (Å²) < 4.78 is 5.25. The van der Waals surface area contributed by atoms with Gasteiger partial charge in [-0.15, -0.1) is 5.06 Å². The number of hydrogen-bond donors (Lipinski definition) is 1. The van der Waals surface area contributed by atoms with E-state index in [0.717, 1.165) is 12.8 Å². The zero-order chi connectivity index (χ0) is 14.8. The average molecular weight is 291 g/mol. The predicted octanol–water partition coefficient (Wildman–Crippen LogP) is 1.35. The minimum atomic E-state index is -1.17. The molecular formula is C15H17NO5. The molecule has 2 aliphatic heterocycles. The summed E-state index contributed by atoms with van der Waals surface area (Å²) in [7, 11) is 0. The summed E-state index contributed by atoms with van der Waals surface area (Å²) in [6.45, 7) is 1.34. The Morgan fingerprint density at radius 3 is 2.33 bits per heavy atom. The summed E-state index contributed by atoms with van der Waals surface area (Å²) in [4.78, 5) is 29.3. The smallest absolute Gasteiger partial charge is 0.285 e. The van der Waals surface area contributed by atoms with Crippen molar-refractivity contribution in [1.29, 1.82) is 0 Å². The molecule has 6 nitrogen and oxygen atoms in total. The van der Waals surface area contributed by atoms with Crippen molar-refractivity contribution in [3.63, 3.8) is 0 Å². The number of rotatable bonds is 4. The van der Waals surface area contributed by atoms with Gasteiger partial charge in [0.05, 0.1) is 11.1 Å². The van der Waals surface area contributed by atoms with E-state index in [4.69, 9.17) is 9.57 Å². The van der Waals surface area contributed by atoms with E-state index in [1.54, 1.807) is 24.3 Å². The van der Waals surface area contributed by atoms with Crippen LogP contribution in [-0.4, -0.2) is 41.5 Å². The quantitative estimate of drug-likeness (QED) is 0.669. The van der Waals surface area contributed by atoms with Crippen molar-refractivity contribution in [2.24, 2.45) is 5.92 Å². The van der Waals surface area contributed by atoms with Crippen LogP contribution in [0.2, 0.25) is 0 Å². The molecule has 1 N–H and O–H groups in total. The molecule has 112 valence electrons. The first-order valence-electron chi connectivity index (χ1n) is 7.07. The molecule has 1 atom stereocenters. The van der Waals surface area contributed by atoms with E-state index >= 15 is 0 Å². The van der Waals surface area contributed by atoms with Gasteiger partial charge in [0, 0.05) is 19.6 Å². The summed E-state index contributed by atoms with van der Waals surface area (Å²) in [6, 6.07) is 6.52. The van der Waals surface area contributed by atoms with Crippen LogP contribution in [0.5, 0.6) is 0 Å². The zero-order valence-electron chi connectivity index (χ0n) is 11.5. The number of aliphatic hydroxyl groups excluding tert-OH is 1. The number of hydroxylamine groups is 2. The number of nitrogens with zero attached hydrogens (tertiary/aromatic N) is 1. The number of aliphatic hydroxyl groups is 1. The molecule has 0 aliphatic carbocycles. The average Bonchev–Trinajstić information content (AvgIpc) is 2.74. The second kappa shape index (κ2) is 5.93. The maximum atomic E-state index is 12.1. The number of amides is 2. The number of ether oxygens (including phenoxy) is 1. The Labute approximate surface area is 122 Å². The van der Waals surface area contributed by atoms with Gasteiger partial charge in [-0.1, -0.05) is 12.1 Å². The Kier molecular flexibility index (Phi) is 4.01. The Balaban J connectivity index is 1.63. The molecule has 1 saturated heterocycles. The molecular weight excluding hydrogens is 274 g/mol. The second-order valence-corrected chi connectivity index (χ2v) is 5.30. The number of imide groups is 1. The van der Waals surface area contributed by atoms with Crippen LogP contribution >= 0.6 is 0 Å². The Morgan fingerprint density at radius 1 is 1.19 bits per heavy atom. The fourth-order valence-electron chi connectivity index (χ4n) is 2.69. The maximum Gasteiger partial charge on any atom is 0.285 e. The molecule has 2 heterocycles. The summed E-state index contributed by atoms with van der Waals surface area (Å²) in [5.74, 6) is -0.771. The topological polar surface area (TPSA) is 76.1 Å². The van der Waals surface area contributed by atoms with Crippen molar-refractivity contribution in [1.82, 2.24) is 5.06 Å². The fourth-order valence-corrected chi connectivity index (χ4v) is 2.69. The van der Waals surface area contributed by atoms with Gasteiger partial charge in [0.1, 0.15) is 0 Å². The maximum absolute atomic E-state index is 12.1. The lowest BCUT2D eigenvalue weighted by molar-refractivity contribution is -0.219. The molecule has 0 bridgehead atoms. The molecule has 21 heavy (non-hydrogen) atoms. The van der Waals surface area contributed by atoms with E-state index in [0.29, 0.717) is 35.8 Å². The standard InChI is InChI=1S/C15H17NO5/c17-13(9-10-5-7-20-8-6-10)21-16-14(18)11-3-1-2-4-12(11)15(16)19/h1-4,10,13,17H,5-9H2. The molecule has 1 fully saturated rings. The first-order valence-corrected chi connectivity index (χ1v) is 7.07. The summed E-state index contributed by atoms with van der Waals surface area (Å²) in [6.07, 6.45) is 0.914. The molecule has 6 heteroatoms. The highest BCUT2D eigenvalue weighted by atomic mass is 16.8. The van der Waals surface area contributed by atoms with Crippen molar-refractivity contribution in [3.05, 3.63) is 35.4 Å². The molecule has 0 saturated carbocycles. The molecule has 0 radical (unpaired) electrons. The highest BCUT2D eigenvalue weighted by molar-refractivity contribution is 6.20. The van der Waals surface area contributed by atoms with E-state index in [-0.39, 0.29) is 5.92 Å². The Hall–Kier alpha value is -1.76. The van der Waals surface area contributed by atoms with Crippen LogP contribution in [0.4, 0.5) is 0 Å². The first kappa shape index (κ1) is 14.2. The van der Waals surface area contributed by atoms with E-state index in [9.17, 15) is 14.7 Å². The van der Waals surface area contributed by atoms with Gasteiger partial charge in [-0.3, -0.25) is 9.59 Å². The van der Waals surface area contributed by atoms with E-state index in [1.165, 1.54) is 0 Å². The third-order valence-corrected chi connectivity index (χ3v) is 3.86. The third-order valence-electron chi connectivity index (χ3n) is 3.86. The molecule has 2 aliphatic rings. The lowest BCUT2D eigenvalue weighted by Gasteiger charge is -2.25. The Bertz CT molecular complexity index is 518. The van der Waals surface area contributed by atoms with Crippen LogP contribution in [0.25, 0.3) is 0 Å². The minimum Gasteiger partial charge on any atom is -0.381 e. The van der Waals surface area contributed by atoms with Crippen LogP contribution in [0, 0.1) is 5.92 Å². The van der Waals surface area contributed by atoms with Gasteiger partial charge < -0.3 is 9.84 Å². The zero-order valence-corrected chi connectivity index (χ0v) is 11.5. The van der Waals surface area contributed by atoms with Gasteiger partial charge in [0.15, 0.2) is 6.29 Å². The van der Waals surface area contributed by atoms with Gasteiger partial charge in [-0.25, -0.2) is 4.84 Å². The van der Waals surface area contributed by atoms with Crippen molar-refractivity contribution in [3.8, 4) is 0 Å². The summed E-state index contributed by atoms with van der Waals surface area (Å²) >= 11 is 0. The fraction of sp³-hybridized carbons (Fsp3) is 0.467. The number of benzene rings is 1. The molecule has 0 spiro atoms. The monoisotopic (exact) mass is 291 g/mol. The highest BCUT2D eigenvalue weighted by Gasteiger charge is 2.38. The van der Waals surface area contributed by atoms with Crippen molar-refractivity contribution in [2.75, 3.05) is 13.2 Å². The minimum absolute atomic E-state index is 0.281. The van der Waals surface area contributed by atoms with Crippen molar-refractivity contribution in [2.45, 2.75) is 25.6 Å². The lowest BCUT2D eigenvalue weighted by atomic mass is 9.96. The van der Waals surface area contributed by atoms with E-state index < -0.39 is 18.1 Å². The second-order valence-electron chi connectivity index (χ2n) is 5.30. The molecule has 1 unspecified atom stereocenters. The number of fused-ring (bicyclic) bond motifs is 1. The van der Waals surface area contributed by atoms with Gasteiger partial charge in [0.2, 0.25) is 0 Å². The number of carbonyl (C=O) groups is 2. The van der Waals surface area contributed by atoms with Gasteiger partial charge in [-0.2, -0.15) is 0 Å². The summed E-state index contributed by atoms with van der Waals surface area (Å²) in [5, 5.41) is 10.6. The van der Waals surface area contributed by atoms with Crippen LogP contribution < -0.4 is 0 Å². The van der Waals surface area contributed by atoms with Crippen LogP contribution in [-0.2, 0) is 9.57 Å². The number of carbonyl (C=O) groups excluding carboxylic acids is 2. The SMILES string of the molecule is O=C1c2ccccc2C(=O)N1OC(O)CC1CCOCC1. The van der Waals surface area contributed by atoms with Gasteiger partial charge in [0.25, 0.3) is 11.8 Å². The molecule has 2 amide bonds. The van der Waals surface area contributed by atoms with Gasteiger partial charge >= 0.3 is 0 Å². The largest absolute Gasteiger partial charge is 0.381 e. The Morgan fingerprint density at radius 2 is 1.76 bits per heavy atom. The molecule has 1 aromatic carbocycles. The highest BCUT2D eigenvalue weighted by Crippen LogP contribution is 2.25. The lowest BCUT2D eigenvalue weighted by Crippen LogP contribution is -2.35. The normalized spacial score (nSPS) is 20.7. The predicted molar refractivity (Wildman–Crippen MR) is 72.2 cm³/mol. The molecule has 0 aromatic heterocycles. The summed E-state index contributed by atoms with van der Waals surface area (Å²) in [5.41, 5.74) is 0.613. The van der Waals surface area contributed by atoms with Crippen molar-refractivity contribution >= 4 is 11.8 Å². The first-order chi connectivity index (χ1) is 10.2. The molecule has 1 aromatic rings. The molecule has 3 rings (SSSR count). The van der Waals surface area contributed by atoms with Gasteiger partial charge in [-0.05, 0) is 30.9 Å². The van der Waals surface area contributed by atoms with Crippen molar-refractivity contribution < 1.29 is 24.3 Å². The van der Waals surface area contributed by atoms with E-state index in [1.807, 2.05) is 0 Å². The number of hydrogen-bond acceptors (Lipinski definition) is 5. The van der Waals surface area contributed by atoms with E-state index in [2.05, 4.69) is 0 Å². The van der Waals surface area contributed by atoms with Crippen LogP contribution in [0.15, 0.2) is 24.3 Å². The van der Waals surface area contributed by atoms with Crippen LogP contribution in [0.3, 0.4) is 0 Å².